The van der Waals surface area contributed by atoms with E-state index in [4.69, 9.17) is 4.74 Å². The molecule has 2 aromatic rings. The molecule has 4 nitrogen and oxygen atoms in total. The standard InChI is InChI=1S/C16H16O4S/c1-11-4-7-14(10-12(11)2)20-16(17)13-5-8-15(9-6-13)21(3,18)19/h4-10H,1-3H3. The van der Waals surface area contributed by atoms with Gasteiger partial charge in [0.05, 0.1) is 10.5 Å². The van der Waals surface area contributed by atoms with Gasteiger partial charge in [0.25, 0.3) is 0 Å². The molecule has 2 rings (SSSR count). The first-order valence-electron chi connectivity index (χ1n) is 6.37. The molecule has 5 heteroatoms. The number of aryl methyl sites for hydroxylation is 2. The Kier molecular flexibility index (Phi) is 4.14. The summed E-state index contributed by atoms with van der Waals surface area (Å²) in [7, 11) is -3.27. The van der Waals surface area contributed by atoms with Gasteiger partial charge in [-0.25, -0.2) is 13.2 Å². The molecule has 0 aliphatic carbocycles. The van der Waals surface area contributed by atoms with Crippen LogP contribution < -0.4 is 4.74 Å². The number of rotatable bonds is 3. The fraction of sp³-hybridized carbons (Fsp3) is 0.188. The van der Waals surface area contributed by atoms with Gasteiger partial charge in [-0.05, 0) is 61.4 Å². The summed E-state index contributed by atoms with van der Waals surface area (Å²) in [4.78, 5) is 12.2. The first-order chi connectivity index (χ1) is 9.77. The zero-order valence-electron chi connectivity index (χ0n) is 12.1. The predicted molar refractivity (Wildman–Crippen MR) is 80.4 cm³/mol. The smallest absolute Gasteiger partial charge is 0.343 e. The maximum Gasteiger partial charge on any atom is 0.343 e. The van der Waals surface area contributed by atoms with Gasteiger partial charge >= 0.3 is 5.97 Å². The molecule has 0 aliphatic heterocycles. The Morgan fingerprint density at radius 1 is 0.952 bits per heavy atom. The SMILES string of the molecule is Cc1ccc(OC(=O)c2ccc(S(C)(=O)=O)cc2)cc1C. The largest absolute Gasteiger partial charge is 0.423 e. The van der Waals surface area contributed by atoms with E-state index >= 15 is 0 Å². The molecule has 0 fully saturated rings. The van der Waals surface area contributed by atoms with Crippen LogP contribution in [-0.2, 0) is 9.84 Å². The molecule has 0 amide bonds. The summed E-state index contributed by atoms with van der Waals surface area (Å²) in [6.45, 7) is 3.92. The van der Waals surface area contributed by atoms with Crippen LogP contribution in [0.4, 0.5) is 0 Å². The normalized spacial score (nSPS) is 11.2. The Bertz CT molecular complexity index is 774. The molecule has 0 atom stereocenters. The minimum absolute atomic E-state index is 0.172. The number of benzene rings is 2. The average molecular weight is 304 g/mol. The average Bonchev–Trinajstić information content (AvgIpc) is 2.42. The fourth-order valence-electron chi connectivity index (χ4n) is 1.78. The van der Waals surface area contributed by atoms with Gasteiger partial charge in [-0.15, -0.1) is 0 Å². The number of carbonyl (C=O) groups excluding carboxylic acids is 1. The molecule has 0 radical (unpaired) electrons. The van der Waals surface area contributed by atoms with E-state index in [0.29, 0.717) is 11.3 Å². The van der Waals surface area contributed by atoms with E-state index in [-0.39, 0.29) is 4.90 Å². The van der Waals surface area contributed by atoms with E-state index in [1.807, 2.05) is 19.9 Å². The quantitative estimate of drug-likeness (QED) is 0.646. The number of hydrogen-bond donors (Lipinski definition) is 0. The number of esters is 1. The van der Waals surface area contributed by atoms with Crippen LogP contribution in [0.15, 0.2) is 47.4 Å². The van der Waals surface area contributed by atoms with Crippen molar-refractivity contribution in [1.82, 2.24) is 0 Å². The molecule has 110 valence electrons. The second-order valence-corrected chi connectivity index (χ2v) is 6.95. The Balaban J connectivity index is 2.18. The Morgan fingerprint density at radius 3 is 2.10 bits per heavy atom. The van der Waals surface area contributed by atoms with Crippen molar-refractivity contribution in [1.29, 1.82) is 0 Å². The Morgan fingerprint density at radius 2 is 1.57 bits per heavy atom. The highest BCUT2D eigenvalue weighted by Gasteiger charge is 2.12. The van der Waals surface area contributed by atoms with Crippen LogP contribution in [0.1, 0.15) is 21.5 Å². The van der Waals surface area contributed by atoms with Gasteiger partial charge in [-0.3, -0.25) is 0 Å². The summed E-state index contributed by atoms with van der Waals surface area (Å²) in [6.07, 6.45) is 1.12. The molecular weight excluding hydrogens is 288 g/mol. The van der Waals surface area contributed by atoms with Crippen molar-refractivity contribution in [3.8, 4) is 5.75 Å². The zero-order valence-corrected chi connectivity index (χ0v) is 12.9. The highest BCUT2D eigenvalue weighted by molar-refractivity contribution is 7.90. The third-order valence-electron chi connectivity index (χ3n) is 3.21. The minimum atomic E-state index is -3.27. The number of carbonyl (C=O) groups is 1. The first-order valence-corrected chi connectivity index (χ1v) is 8.26. The lowest BCUT2D eigenvalue weighted by Gasteiger charge is -2.07. The second-order valence-electron chi connectivity index (χ2n) is 4.93. The van der Waals surface area contributed by atoms with Crippen molar-refractivity contribution < 1.29 is 17.9 Å². The molecule has 0 saturated heterocycles. The number of hydrogen-bond acceptors (Lipinski definition) is 4. The van der Waals surface area contributed by atoms with Crippen molar-refractivity contribution in [2.75, 3.05) is 6.26 Å². The van der Waals surface area contributed by atoms with Gasteiger partial charge in [0, 0.05) is 6.26 Å². The maximum absolute atomic E-state index is 12.0. The van der Waals surface area contributed by atoms with Gasteiger partial charge in [-0.2, -0.15) is 0 Å². The predicted octanol–water partition coefficient (Wildman–Crippen LogP) is 2.93. The molecule has 0 saturated carbocycles. The number of sulfone groups is 1. The summed E-state index contributed by atoms with van der Waals surface area (Å²) in [5.74, 6) is -0.0476. The minimum Gasteiger partial charge on any atom is -0.423 e. The lowest BCUT2D eigenvalue weighted by atomic mass is 10.1. The highest BCUT2D eigenvalue weighted by Crippen LogP contribution is 2.18. The lowest BCUT2D eigenvalue weighted by Crippen LogP contribution is -2.09. The third kappa shape index (κ3) is 3.70. The number of ether oxygens (including phenoxy) is 1. The van der Waals surface area contributed by atoms with Gasteiger partial charge < -0.3 is 4.74 Å². The van der Waals surface area contributed by atoms with Gasteiger partial charge in [0.15, 0.2) is 9.84 Å². The van der Waals surface area contributed by atoms with E-state index in [0.717, 1.165) is 17.4 Å². The molecular formula is C16H16O4S. The van der Waals surface area contributed by atoms with Crippen LogP contribution in [-0.4, -0.2) is 20.6 Å². The summed E-state index contributed by atoms with van der Waals surface area (Å²) in [5, 5.41) is 0. The van der Waals surface area contributed by atoms with E-state index in [1.165, 1.54) is 24.3 Å². The van der Waals surface area contributed by atoms with Crippen molar-refractivity contribution >= 4 is 15.8 Å². The molecule has 2 aromatic carbocycles. The fourth-order valence-corrected chi connectivity index (χ4v) is 2.41. The molecule has 0 N–H and O–H groups in total. The van der Waals surface area contributed by atoms with E-state index in [1.54, 1.807) is 12.1 Å². The molecule has 0 aromatic heterocycles. The molecule has 0 heterocycles. The lowest BCUT2D eigenvalue weighted by molar-refractivity contribution is 0.0734. The summed E-state index contributed by atoms with van der Waals surface area (Å²) in [5.41, 5.74) is 2.46. The topological polar surface area (TPSA) is 60.4 Å². The van der Waals surface area contributed by atoms with Gasteiger partial charge in [0.2, 0.25) is 0 Å². The molecule has 0 bridgehead atoms. The van der Waals surface area contributed by atoms with E-state index < -0.39 is 15.8 Å². The third-order valence-corrected chi connectivity index (χ3v) is 4.34. The molecule has 0 spiro atoms. The Labute approximate surface area is 124 Å². The van der Waals surface area contributed by atoms with Crippen molar-refractivity contribution in [3.63, 3.8) is 0 Å². The van der Waals surface area contributed by atoms with Crippen LogP contribution in [0.25, 0.3) is 0 Å². The molecule has 0 unspecified atom stereocenters. The monoisotopic (exact) mass is 304 g/mol. The van der Waals surface area contributed by atoms with E-state index in [2.05, 4.69) is 0 Å². The zero-order chi connectivity index (χ0) is 15.6. The van der Waals surface area contributed by atoms with Gasteiger partial charge in [-0.1, -0.05) is 6.07 Å². The first kappa shape index (κ1) is 15.3. The summed E-state index contributed by atoms with van der Waals surface area (Å²) >= 11 is 0. The van der Waals surface area contributed by atoms with E-state index in [9.17, 15) is 13.2 Å². The van der Waals surface area contributed by atoms with Crippen LogP contribution in [0.2, 0.25) is 0 Å². The van der Waals surface area contributed by atoms with Gasteiger partial charge in [0.1, 0.15) is 5.75 Å². The molecule has 21 heavy (non-hydrogen) atoms. The van der Waals surface area contributed by atoms with Crippen LogP contribution in [0, 0.1) is 13.8 Å². The molecule has 0 aliphatic rings. The van der Waals surface area contributed by atoms with Crippen LogP contribution >= 0.6 is 0 Å². The summed E-state index contributed by atoms with van der Waals surface area (Å²) < 4.78 is 28.0. The van der Waals surface area contributed by atoms with Crippen LogP contribution in [0.5, 0.6) is 5.75 Å². The van der Waals surface area contributed by atoms with Crippen LogP contribution in [0.3, 0.4) is 0 Å². The maximum atomic E-state index is 12.0. The highest BCUT2D eigenvalue weighted by atomic mass is 32.2. The second kappa shape index (κ2) is 5.69. The van der Waals surface area contributed by atoms with Crippen molar-refractivity contribution in [3.05, 3.63) is 59.2 Å². The van der Waals surface area contributed by atoms with Crippen molar-refractivity contribution in [2.24, 2.45) is 0 Å². The summed E-state index contributed by atoms with van der Waals surface area (Å²) in [6, 6.07) is 11.1. The Hall–Kier alpha value is -2.14. The van der Waals surface area contributed by atoms with Crippen molar-refractivity contribution in [2.45, 2.75) is 18.7 Å².